The molecule has 3 rings (SSSR count). The van der Waals surface area contributed by atoms with E-state index in [-0.39, 0.29) is 23.4 Å². The number of benzene rings is 2. The Kier molecular flexibility index (Phi) is 8.82. The Morgan fingerprint density at radius 1 is 0.921 bits per heavy atom. The highest BCUT2D eigenvalue weighted by atomic mass is 16.6. The lowest BCUT2D eigenvalue weighted by molar-refractivity contribution is -0.169. The van der Waals surface area contributed by atoms with Crippen LogP contribution in [-0.4, -0.2) is 42.6 Å². The second kappa shape index (κ2) is 11.2. The molecule has 0 amide bonds. The molecule has 38 heavy (non-hydrogen) atoms. The molecule has 0 aliphatic heterocycles. The lowest BCUT2D eigenvalue weighted by Crippen LogP contribution is -2.51. The number of carbonyl (C=O) groups is 2. The van der Waals surface area contributed by atoms with Crippen LogP contribution in [0.25, 0.3) is 0 Å². The molecule has 208 valence electrons. The Hall–Kier alpha value is -2.66. The Bertz CT molecular complexity index is 1130. The van der Waals surface area contributed by atoms with Gasteiger partial charge in [0.25, 0.3) is 0 Å². The third kappa shape index (κ3) is 6.31. The van der Waals surface area contributed by atoms with E-state index in [1.165, 1.54) is 5.56 Å². The van der Waals surface area contributed by atoms with Gasteiger partial charge in [0.05, 0.1) is 5.56 Å². The first-order valence-corrected chi connectivity index (χ1v) is 13.9. The zero-order chi connectivity index (χ0) is 28.5. The van der Waals surface area contributed by atoms with E-state index in [0.717, 1.165) is 30.4 Å². The van der Waals surface area contributed by atoms with E-state index in [1.54, 1.807) is 12.1 Å². The lowest BCUT2D eigenvalue weighted by atomic mass is 9.64. The van der Waals surface area contributed by atoms with Gasteiger partial charge >= 0.3 is 11.9 Å². The summed E-state index contributed by atoms with van der Waals surface area (Å²) in [7, 11) is 3.77. The predicted octanol–water partition coefficient (Wildman–Crippen LogP) is 7.05. The number of nitrogens with zero attached hydrogens (tertiary/aromatic N) is 1. The third-order valence-electron chi connectivity index (χ3n) is 8.45. The normalized spacial score (nSPS) is 22.0. The molecule has 1 saturated carbocycles. The number of aryl methyl sites for hydroxylation is 1. The van der Waals surface area contributed by atoms with Crippen molar-refractivity contribution in [3.8, 4) is 0 Å². The van der Waals surface area contributed by atoms with Gasteiger partial charge in [-0.2, -0.15) is 0 Å². The van der Waals surface area contributed by atoms with Crippen molar-refractivity contribution in [2.45, 2.75) is 97.3 Å². The Morgan fingerprint density at radius 2 is 1.55 bits per heavy atom. The van der Waals surface area contributed by atoms with Crippen LogP contribution in [0.2, 0.25) is 0 Å². The summed E-state index contributed by atoms with van der Waals surface area (Å²) >= 11 is 0. The van der Waals surface area contributed by atoms with Gasteiger partial charge in [-0.15, -0.1) is 0 Å². The molecule has 0 saturated heterocycles. The Balaban J connectivity index is 1.97. The van der Waals surface area contributed by atoms with E-state index >= 15 is 0 Å². The van der Waals surface area contributed by atoms with Crippen molar-refractivity contribution < 1.29 is 19.1 Å². The number of hydrogen-bond donors (Lipinski definition) is 0. The highest BCUT2D eigenvalue weighted by molar-refractivity contribution is 5.91. The van der Waals surface area contributed by atoms with E-state index in [1.807, 2.05) is 65.7 Å². The molecule has 0 radical (unpaired) electrons. The van der Waals surface area contributed by atoms with Crippen molar-refractivity contribution in [2.75, 3.05) is 14.1 Å². The number of hydrogen-bond acceptors (Lipinski definition) is 5. The van der Waals surface area contributed by atoms with Crippen molar-refractivity contribution >= 4 is 11.9 Å². The number of ether oxygens (including phenoxy) is 2. The van der Waals surface area contributed by atoms with E-state index in [2.05, 4.69) is 45.0 Å². The zero-order valence-electron chi connectivity index (χ0n) is 25.1. The highest BCUT2D eigenvalue weighted by Crippen LogP contribution is 2.44. The first-order chi connectivity index (χ1) is 17.6. The average molecular weight is 522 g/mol. The minimum absolute atomic E-state index is 0.145. The van der Waals surface area contributed by atoms with Crippen LogP contribution in [0.5, 0.6) is 0 Å². The maximum atomic E-state index is 14.2. The van der Waals surface area contributed by atoms with Gasteiger partial charge in [-0.1, -0.05) is 63.6 Å². The first kappa shape index (κ1) is 29.9. The molecule has 1 aliphatic rings. The van der Waals surface area contributed by atoms with Gasteiger partial charge in [0.15, 0.2) is 0 Å². The zero-order valence-corrected chi connectivity index (χ0v) is 25.1. The molecule has 5 heteroatoms. The molecule has 0 bridgehead atoms. The fourth-order valence-corrected chi connectivity index (χ4v) is 5.76. The molecule has 2 aromatic rings. The fraction of sp³-hybridized carbons (Fsp3) is 0.576. The minimum atomic E-state index is -1.08. The average Bonchev–Trinajstić information content (AvgIpc) is 2.83. The van der Waals surface area contributed by atoms with Crippen molar-refractivity contribution in [1.82, 2.24) is 4.90 Å². The molecule has 0 N–H and O–H groups in total. The molecule has 5 nitrogen and oxygen atoms in total. The molecule has 1 aliphatic carbocycles. The van der Waals surface area contributed by atoms with Crippen LogP contribution in [0, 0.1) is 18.8 Å². The summed E-state index contributed by atoms with van der Waals surface area (Å²) in [6, 6.07) is 16.0. The van der Waals surface area contributed by atoms with Gasteiger partial charge in [0, 0.05) is 5.92 Å². The molecule has 2 aromatic carbocycles. The number of likely N-dealkylation sites (N-methyl/N-ethyl adjacent to an activating group) is 1. The standard InChI is InChI=1S/C33H47NO4/c1-22-16-19-26(32(6,7)25-14-12-11-13-15-25)28(20-22)37-30(36)33(8,34(9)10)27-21-24(18-17-23(27)2)29(35)38-31(3,4)5/h11-15,17-18,21-22,26,28H,16,19-20H2,1-10H3/t22-,26-,28+,33+/m1/s1. The second-order valence-corrected chi connectivity index (χ2v) is 13.1. The molecule has 1 fully saturated rings. The summed E-state index contributed by atoms with van der Waals surface area (Å²) in [6.07, 6.45) is 2.77. The van der Waals surface area contributed by atoms with E-state index in [9.17, 15) is 9.59 Å². The van der Waals surface area contributed by atoms with Crippen molar-refractivity contribution in [1.29, 1.82) is 0 Å². The highest BCUT2D eigenvalue weighted by Gasteiger charge is 2.46. The van der Waals surface area contributed by atoms with Crippen LogP contribution in [0.4, 0.5) is 0 Å². The van der Waals surface area contributed by atoms with E-state index in [0.29, 0.717) is 11.5 Å². The van der Waals surface area contributed by atoms with Crippen LogP contribution in [0.1, 0.15) is 94.8 Å². The molecule has 0 heterocycles. The predicted molar refractivity (Wildman–Crippen MR) is 153 cm³/mol. The third-order valence-corrected chi connectivity index (χ3v) is 8.45. The Labute approximate surface area is 229 Å². The van der Waals surface area contributed by atoms with Crippen LogP contribution in [-0.2, 0) is 25.2 Å². The summed E-state index contributed by atoms with van der Waals surface area (Å²) in [5.41, 5.74) is 1.52. The molecular weight excluding hydrogens is 474 g/mol. The summed E-state index contributed by atoms with van der Waals surface area (Å²) in [5, 5.41) is 0. The van der Waals surface area contributed by atoms with Gasteiger partial charge in [-0.3, -0.25) is 4.90 Å². The largest absolute Gasteiger partial charge is 0.460 e. The van der Waals surface area contributed by atoms with Gasteiger partial charge in [-0.05, 0) is 102 Å². The molecule has 4 atom stereocenters. The number of rotatable bonds is 7. The topological polar surface area (TPSA) is 55.8 Å². The van der Waals surface area contributed by atoms with Crippen molar-refractivity contribution in [3.63, 3.8) is 0 Å². The number of carbonyl (C=O) groups excluding carboxylic acids is 2. The van der Waals surface area contributed by atoms with Gasteiger partial charge < -0.3 is 9.47 Å². The number of esters is 2. The maximum absolute atomic E-state index is 14.2. The monoisotopic (exact) mass is 521 g/mol. The fourth-order valence-electron chi connectivity index (χ4n) is 5.76. The molecule has 0 aromatic heterocycles. The van der Waals surface area contributed by atoms with Gasteiger partial charge in [0.2, 0.25) is 0 Å². The van der Waals surface area contributed by atoms with Crippen LogP contribution < -0.4 is 0 Å². The Morgan fingerprint density at radius 3 is 2.13 bits per heavy atom. The van der Waals surface area contributed by atoms with Gasteiger partial charge in [0.1, 0.15) is 17.2 Å². The maximum Gasteiger partial charge on any atom is 0.338 e. The molecular formula is C33H47NO4. The van der Waals surface area contributed by atoms with Crippen LogP contribution in [0.3, 0.4) is 0 Å². The summed E-state index contributed by atoms with van der Waals surface area (Å²) in [4.78, 5) is 28.9. The van der Waals surface area contributed by atoms with Gasteiger partial charge in [-0.25, -0.2) is 9.59 Å². The van der Waals surface area contributed by atoms with E-state index < -0.39 is 17.1 Å². The van der Waals surface area contributed by atoms with Crippen molar-refractivity contribution in [2.24, 2.45) is 11.8 Å². The first-order valence-electron chi connectivity index (χ1n) is 13.9. The molecule has 0 spiro atoms. The summed E-state index contributed by atoms with van der Waals surface area (Å²) in [5.74, 6) is -0.0111. The van der Waals surface area contributed by atoms with Crippen LogP contribution in [0.15, 0.2) is 48.5 Å². The second-order valence-electron chi connectivity index (χ2n) is 13.1. The molecule has 0 unspecified atom stereocenters. The quantitative estimate of drug-likeness (QED) is 0.365. The minimum Gasteiger partial charge on any atom is -0.460 e. The summed E-state index contributed by atoms with van der Waals surface area (Å²) in [6.45, 7) is 16.2. The van der Waals surface area contributed by atoms with Crippen molar-refractivity contribution in [3.05, 3.63) is 70.8 Å². The van der Waals surface area contributed by atoms with Crippen LogP contribution >= 0.6 is 0 Å². The SMILES string of the molecule is Cc1ccc(C(=O)OC(C)(C)C)cc1[C@@](C)(C(=O)O[C@H]1C[C@H](C)CC[C@H]1C(C)(C)c1ccccc1)N(C)C. The van der Waals surface area contributed by atoms with E-state index in [4.69, 9.17) is 9.47 Å². The lowest BCUT2D eigenvalue weighted by Gasteiger charge is -2.45. The smallest absolute Gasteiger partial charge is 0.338 e. The summed E-state index contributed by atoms with van der Waals surface area (Å²) < 4.78 is 12.1.